The molecular formula is C15H21NO4. The molecule has 0 unspecified atom stereocenters. The maximum atomic E-state index is 11.5. The first-order valence-electron chi connectivity index (χ1n) is 6.48. The number of carboxylic acid groups (broad SMARTS) is 1. The van der Waals surface area contributed by atoms with Gasteiger partial charge in [0.2, 0.25) is 5.91 Å². The van der Waals surface area contributed by atoms with Crippen molar-refractivity contribution in [1.82, 2.24) is 5.32 Å². The van der Waals surface area contributed by atoms with E-state index in [1.807, 2.05) is 38.1 Å². The molecule has 1 aromatic carbocycles. The van der Waals surface area contributed by atoms with Gasteiger partial charge >= 0.3 is 5.97 Å². The first kappa shape index (κ1) is 16.0. The minimum Gasteiger partial charge on any atom is -0.497 e. The predicted molar refractivity (Wildman–Crippen MR) is 75.9 cm³/mol. The molecular weight excluding hydrogens is 258 g/mol. The summed E-state index contributed by atoms with van der Waals surface area (Å²) in [4.78, 5) is 21.9. The molecule has 2 N–H and O–H groups in total. The molecule has 0 atom stereocenters. The summed E-state index contributed by atoms with van der Waals surface area (Å²) in [5, 5.41) is 11.3. The zero-order valence-electron chi connectivity index (χ0n) is 12.1. The van der Waals surface area contributed by atoms with Crippen LogP contribution in [0.25, 0.3) is 0 Å². The Kier molecular flexibility index (Phi) is 5.55. The van der Waals surface area contributed by atoms with Crippen molar-refractivity contribution in [2.45, 2.75) is 32.1 Å². The lowest BCUT2D eigenvalue weighted by molar-refractivity contribution is -0.138. The van der Waals surface area contributed by atoms with Gasteiger partial charge in [0.25, 0.3) is 0 Å². The highest BCUT2D eigenvalue weighted by Gasteiger charge is 2.21. The minimum atomic E-state index is -0.963. The van der Waals surface area contributed by atoms with Crippen molar-refractivity contribution < 1.29 is 19.4 Å². The van der Waals surface area contributed by atoms with Gasteiger partial charge in [0.15, 0.2) is 0 Å². The third-order valence-electron chi connectivity index (χ3n) is 3.16. The fourth-order valence-corrected chi connectivity index (χ4v) is 1.77. The van der Waals surface area contributed by atoms with E-state index in [0.717, 1.165) is 11.3 Å². The number of benzene rings is 1. The number of methoxy groups -OCH3 is 1. The molecule has 0 saturated heterocycles. The van der Waals surface area contributed by atoms with E-state index in [-0.39, 0.29) is 24.2 Å². The van der Waals surface area contributed by atoms with E-state index in [4.69, 9.17) is 9.84 Å². The van der Waals surface area contributed by atoms with E-state index < -0.39 is 5.97 Å². The van der Waals surface area contributed by atoms with Crippen LogP contribution in [-0.4, -0.2) is 30.6 Å². The normalized spacial score (nSPS) is 10.9. The van der Waals surface area contributed by atoms with Crippen LogP contribution in [0.4, 0.5) is 0 Å². The van der Waals surface area contributed by atoms with Crippen molar-refractivity contribution in [3.05, 3.63) is 29.8 Å². The molecule has 0 heterocycles. The molecule has 0 bridgehead atoms. The van der Waals surface area contributed by atoms with Crippen LogP contribution in [0.5, 0.6) is 5.75 Å². The summed E-state index contributed by atoms with van der Waals surface area (Å²) >= 11 is 0. The third kappa shape index (κ3) is 4.91. The van der Waals surface area contributed by atoms with Gasteiger partial charge in [-0.2, -0.15) is 0 Å². The Hall–Kier alpha value is -2.04. The molecule has 110 valence electrons. The first-order valence-corrected chi connectivity index (χ1v) is 6.48. The molecule has 5 heteroatoms. The molecule has 1 amide bonds. The number of hydrogen-bond acceptors (Lipinski definition) is 3. The van der Waals surface area contributed by atoms with Crippen LogP contribution in [0.1, 0.15) is 32.3 Å². The van der Waals surface area contributed by atoms with E-state index >= 15 is 0 Å². The number of carbonyl (C=O) groups excluding carboxylic acids is 1. The van der Waals surface area contributed by atoms with E-state index in [9.17, 15) is 9.59 Å². The second-order valence-corrected chi connectivity index (χ2v) is 5.28. The molecule has 0 fully saturated rings. The standard InChI is InChI=1S/C15H21NO4/c1-15(2,10-16-13(17)8-9-14(18)19)11-4-6-12(20-3)7-5-11/h4-7H,8-10H2,1-3H3,(H,16,17)(H,18,19). The van der Waals surface area contributed by atoms with Gasteiger partial charge < -0.3 is 15.2 Å². The monoisotopic (exact) mass is 279 g/mol. The van der Waals surface area contributed by atoms with Crippen molar-refractivity contribution in [3.63, 3.8) is 0 Å². The van der Waals surface area contributed by atoms with Crippen LogP contribution in [-0.2, 0) is 15.0 Å². The summed E-state index contributed by atoms with van der Waals surface area (Å²) in [5.41, 5.74) is 0.849. The number of amides is 1. The lowest BCUT2D eigenvalue weighted by Gasteiger charge is -2.25. The maximum absolute atomic E-state index is 11.5. The molecule has 1 rings (SSSR count). The summed E-state index contributed by atoms with van der Waals surface area (Å²) in [6, 6.07) is 7.68. The van der Waals surface area contributed by atoms with Crippen molar-refractivity contribution in [3.8, 4) is 5.75 Å². The third-order valence-corrected chi connectivity index (χ3v) is 3.16. The quantitative estimate of drug-likeness (QED) is 0.800. The molecule has 0 aromatic heterocycles. The van der Waals surface area contributed by atoms with Crippen molar-refractivity contribution in [2.24, 2.45) is 0 Å². The second kappa shape index (κ2) is 6.93. The first-order chi connectivity index (χ1) is 9.35. The second-order valence-electron chi connectivity index (χ2n) is 5.28. The number of carboxylic acids is 1. The maximum Gasteiger partial charge on any atom is 0.303 e. The summed E-state index contributed by atoms with van der Waals surface area (Å²) < 4.78 is 5.11. The van der Waals surface area contributed by atoms with Crippen LogP contribution in [0.2, 0.25) is 0 Å². The number of carbonyl (C=O) groups is 2. The highest BCUT2D eigenvalue weighted by Crippen LogP contribution is 2.24. The number of ether oxygens (including phenoxy) is 1. The summed E-state index contributed by atoms with van der Waals surface area (Å²) in [5.74, 6) is -0.418. The smallest absolute Gasteiger partial charge is 0.303 e. The summed E-state index contributed by atoms with van der Waals surface area (Å²) in [7, 11) is 1.61. The largest absolute Gasteiger partial charge is 0.497 e. The van der Waals surface area contributed by atoms with Gasteiger partial charge in [-0.1, -0.05) is 26.0 Å². The lowest BCUT2D eigenvalue weighted by Crippen LogP contribution is -2.36. The molecule has 0 radical (unpaired) electrons. The van der Waals surface area contributed by atoms with Crippen molar-refractivity contribution >= 4 is 11.9 Å². The van der Waals surface area contributed by atoms with E-state index in [2.05, 4.69) is 5.32 Å². The average molecular weight is 279 g/mol. The molecule has 0 saturated carbocycles. The van der Waals surface area contributed by atoms with Gasteiger partial charge in [0.05, 0.1) is 13.5 Å². The highest BCUT2D eigenvalue weighted by molar-refractivity contribution is 5.80. The van der Waals surface area contributed by atoms with E-state index in [1.165, 1.54) is 0 Å². The Morgan fingerprint density at radius 2 is 1.80 bits per heavy atom. The molecule has 0 aliphatic heterocycles. The van der Waals surface area contributed by atoms with Crippen molar-refractivity contribution in [2.75, 3.05) is 13.7 Å². The Morgan fingerprint density at radius 3 is 2.30 bits per heavy atom. The summed E-state index contributed by atoms with van der Waals surface area (Å²) in [6.45, 7) is 4.50. The predicted octanol–water partition coefficient (Wildman–Crippen LogP) is 1.95. The van der Waals surface area contributed by atoms with Gasteiger partial charge in [-0.25, -0.2) is 0 Å². The molecule has 1 aromatic rings. The Balaban J connectivity index is 2.55. The average Bonchev–Trinajstić information content (AvgIpc) is 2.43. The molecule has 0 spiro atoms. The number of nitrogens with one attached hydrogen (secondary N) is 1. The van der Waals surface area contributed by atoms with Gasteiger partial charge in [0, 0.05) is 18.4 Å². The van der Waals surface area contributed by atoms with Crippen LogP contribution >= 0.6 is 0 Å². The highest BCUT2D eigenvalue weighted by atomic mass is 16.5. The van der Waals surface area contributed by atoms with Gasteiger partial charge in [-0.05, 0) is 17.7 Å². The van der Waals surface area contributed by atoms with Gasteiger partial charge in [-0.15, -0.1) is 0 Å². The lowest BCUT2D eigenvalue weighted by atomic mass is 9.84. The van der Waals surface area contributed by atoms with Gasteiger partial charge in [0.1, 0.15) is 5.75 Å². The van der Waals surface area contributed by atoms with Gasteiger partial charge in [-0.3, -0.25) is 9.59 Å². The number of hydrogen-bond donors (Lipinski definition) is 2. The zero-order chi connectivity index (χ0) is 15.2. The Morgan fingerprint density at radius 1 is 1.20 bits per heavy atom. The topological polar surface area (TPSA) is 75.6 Å². The molecule has 5 nitrogen and oxygen atoms in total. The fraction of sp³-hybridized carbons (Fsp3) is 0.467. The minimum absolute atomic E-state index is 0.00796. The SMILES string of the molecule is COc1ccc(C(C)(C)CNC(=O)CCC(=O)O)cc1. The number of aliphatic carboxylic acids is 1. The van der Waals surface area contributed by atoms with E-state index in [0.29, 0.717) is 6.54 Å². The van der Waals surface area contributed by atoms with Crippen LogP contribution in [0, 0.1) is 0 Å². The van der Waals surface area contributed by atoms with E-state index in [1.54, 1.807) is 7.11 Å². The Labute approximate surface area is 118 Å². The molecule has 20 heavy (non-hydrogen) atoms. The Bertz CT molecular complexity index is 465. The van der Waals surface area contributed by atoms with Crippen LogP contribution in [0.15, 0.2) is 24.3 Å². The molecule has 0 aliphatic carbocycles. The number of rotatable bonds is 7. The zero-order valence-corrected chi connectivity index (χ0v) is 12.1. The van der Waals surface area contributed by atoms with Crippen molar-refractivity contribution in [1.29, 1.82) is 0 Å². The fourth-order valence-electron chi connectivity index (χ4n) is 1.77. The van der Waals surface area contributed by atoms with Crippen LogP contribution < -0.4 is 10.1 Å². The summed E-state index contributed by atoms with van der Waals surface area (Å²) in [6.07, 6.45) is -0.136. The van der Waals surface area contributed by atoms with Crippen LogP contribution in [0.3, 0.4) is 0 Å². The molecule has 0 aliphatic rings.